The molecule has 13 heteroatoms. The first-order valence-corrected chi connectivity index (χ1v) is 16.3. The summed E-state index contributed by atoms with van der Waals surface area (Å²) in [4.78, 5) is -0.385. The molecule has 2 aliphatic heterocycles. The zero-order chi connectivity index (χ0) is 31.0. The predicted octanol–water partition coefficient (Wildman–Crippen LogP) is 4.21. The second-order valence-electron chi connectivity index (χ2n) is 10.8. The largest absolute Gasteiger partial charge is 0.497 e. The van der Waals surface area contributed by atoms with Crippen molar-refractivity contribution in [1.82, 2.24) is 0 Å². The standard InChI is InChI=1S/C30H34O11S2/c1-19-6-14-23(15-7-19)42(31,32)40-29(41-43(33,34)24-16-8-20(2)9-17-24)26-25(27-28(37-26)39-30(3,4)38-27)36-18-21-10-12-22(35-5)13-11-21/h6-17,25-29H,18H2,1-5H3/t25-,26+,27-,28-/m1/s1. The van der Waals surface area contributed by atoms with E-state index >= 15 is 0 Å². The van der Waals surface area contributed by atoms with Crippen molar-refractivity contribution in [3.05, 3.63) is 89.5 Å². The Morgan fingerprint density at radius 2 is 1.28 bits per heavy atom. The zero-order valence-corrected chi connectivity index (χ0v) is 26.0. The molecule has 0 bridgehead atoms. The number of fused-ring (bicyclic) bond motifs is 1. The third-order valence-corrected chi connectivity index (χ3v) is 9.54. The number of methoxy groups -OCH3 is 1. The molecule has 0 unspecified atom stereocenters. The van der Waals surface area contributed by atoms with Crippen molar-refractivity contribution in [2.24, 2.45) is 0 Å². The van der Waals surface area contributed by atoms with E-state index in [0.29, 0.717) is 5.75 Å². The van der Waals surface area contributed by atoms with Crippen molar-refractivity contribution in [2.45, 2.75) is 80.8 Å². The summed E-state index contributed by atoms with van der Waals surface area (Å²) in [6.45, 7) is 7.03. The summed E-state index contributed by atoms with van der Waals surface area (Å²) >= 11 is 0. The van der Waals surface area contributed by atoms with Gasteiger partial charge >= 0.3 is 0 Å². The van der Waals surface area contributed by atoms with Crippen LogP contribution in [0, 0.1) is 13.8 Å². The van der Waals surface area contributed by atoms with Crippen LogP contribution in [0.2, 0.25) is 0 Å². The van der Waals surface area contributed by atoms with E-state index in [0.717, 1.165) is 16.7 Å². The average Bonchev–Trinajstić information content (AvgIpc) is 3.43. The monoisotopic (exact) mass is 634 g/mol. The summed E-state index contributed by atoms with van der Waals surface area (Å²) in [5, 5.41) is 0. The quantitative estimate of drug-likeness (QED) is 0.222. The fourth-order valence-electron chi connectivity index (χ4n) is 4.72. The van der Waals surface area contributed by atoms with Crippen molar-refractivity contribution in [1.29, 1.82) is 0 Å². The van der Waals surface area contributed by atoms with Crippen LogP contribution in [0.4, 0.5) is 0 Å². The Labute approximate surface area is 251 Å². The van der Waals surface area contributed by atoms with E-state index in [1.54, 1.807) is 83.3 Å². The summed E-state index contributed by atoms with van der Waals surface area (Å²) in [6.07, 6.45) is -6.32. The van der Waals surface area contributed by atoms with Gasteiger partial charge in [-0.3, -0.25) is 0 Å². The summed E-state index contributed by atoms with van der Waals surface area (Å²) in [6, 6.07) is 18.9. The van der Waals surface area contributed by atoms with Crippen LogP contribution in [-0.2, 0) is 54.2 Å². The molecule has 3 aromatic carbocycles. The Morgan fingerprint density at radius 1 is 0.767 bits per heavy atom. The smallest absolute Gasteiger partial charge is 0.299 e. The van der Waals surface area contributed by atoms with Crippen molar-refractivity contribution in [2.75, 3.05) is 7.11 Å². The Bertz CT molecular complexity index is 1540. The Morgan fingerprint density at radius 3 is 1.77 bits per heavy atom. The highest BCUT2D eigenvalue weighted by Gasteiger charge is 2.59. The van der Waals surface area contributed by atoms with Gasteiger partial charge in [0.25, 0.3) is 20.2 Å². The summed E-state index contributed by atoms with van der Waals surface area (Å²) in [5.41, 5.74) is 2.41. The molecule has 5 rings (SSSR count). The number of aryl methyl sites for hydroxylation is 2. The second kappa shape index (κ2) is 12.3. The number of hydrogen-bond donors (Lipinski definition) is 0. The van der Waals surface area contributed by atoms with Crippen molar-refractivity contribution < 1.29 is 48.9 Å². The first-order chi connectivity index (χ1) is 20.3. The van der Waals surface area contributed by atoms with E-state index < -0.39 is 56.9 Å². The van der Waals surface area contributed by atoms with Gasteiger partial charge in [0, 0.05) is 0 Å². The molecule has 0 aliphatic carbocycles. The molecule has 4 atom stereocenters. The molecule has 2 fully saturated rings. The Hall–Kier alpha value is -2.88. The lowest BCUT2D eigenvalue weighted by atomic mass is 10.1. The van der Waals surface area contributed by atoms with Gasteiger partial charge in [-0.15, -0.1) is 0 Å². The van der Waals surface area contributed by atoms with Gasteiger partial charge in [0.05, 0.1) is 23.5 Å². The number of benzene rings is 3. The molecule has 0 amide bonds. The highest BCUT2D eigenvalue weighted by Crippen LogP contribution is 2.41. The van der Waals surface area contributed by atoms with Gasteiger partial charge in [-0.25, -0.2) is 8.37 Å². The minimum atomic E-state index is -4.54. The van der Waals surface area contributed by atoms with E-state index in [-0.39, 0.29) is 16.4 Å². The first-order valence-electron chi connectivity index (χ1n) is 13.5. The highest BCUT2D eigenvalue weighted by molar-refractivity contribution is 7.87. The van der Waals surface area contributed by atoms with Crippen LogP contribution in [0.25, 0.3) is 0 Å². The maximum Gasteiger partial charge on any atom is 0.299 e. The number of hydrogen-bond acceptors (Lipinski definition) is 11. The molecular formula is C30H34O11S2. The summed E-state index contributed by atoms with van der Waals surface area (Å²) in [5.74, 6) is -0.383. The molecule has 2 heterocycles. The van der Waals surface area contributed by atoms with E-state index in [1.165, 1.54) is 24.3 Å². The first kappa shape index (κ1) is 31.5. The molecule has 2 aliphatic rings. The lowest BCUT2D eigenvalue weighted by Crippen LogP contribution is -2.46. The van der Waals surface area contributed by atoms with Gasteiger partial charge in [-0.1, -0.05) is 47.5 Å². The van der Waals surface area contributed by atoms with E-state index in [9.17, 15) is 16.8 Å². The van der Waals surface area contributed by atoms with E-state index in [2.05, 4.69) is 0 Å². The molecule has 43 heavy (non-hydrogen) atoms. The van der Waals surface area contributed by atoms with Crippen molar-refractivity contribution in [3.63, 3.8) is 0 Å². The topological polar surface area (TPSA) is 133 Å². The average molecular weight is 635 g/mol. The van der Waals surface area contributed by atoms with Gasteiger partial charge in [-0.2, -0.15) is 16.8 Å². The van der Waals surface area contributed by atoms with Gasteiger partial charge < -0.3 is 23.7 Å². The molecule has 0 aromatic heterocycles. The molecule has 0 spiro atoms. The normalized spacial score (nSPS) is 23.4. The van der Waals surface area contributed by atoms with Gasteiger partial charge in [-0.05, 0) is 69.7 Å². The Kier molecular flexibility index (Phi) is 8.99. The lowest BCUT2D eigenvalue weighted by Gasteiger charge is -2.30. The molecular weight excluding hydrogens is 600 g/mol. The molecule has 0 radical (unpaired) electrons. The van der Waals surface area contributed by atoms with Crippen molar-refractivity contribution >= 4 is 20.2 Å². The van der Waals surface area contributed by atoms with Crippen LogP contribution in [0.1, 0.15) is 30.5 Å². The molecule has 2 saturated heterocycles. The maximum atomic E-state index is 13.4. The molecule has 0 saturated carbocycles. The van der Waals surface area contributed by atoms with Crippen LogP contribution in [0.15, 0.2) is 82.6 Å². The SMILES string of the molecule is COc1ccc(CO[C@H]2[C@H]3OC(C)(C)O[C@H]3O[C@@H]2C(OS(=O)(=O)c2ccc(C)cc2)OS(=O)(=O)c2ccc(C)cc2)cc1. The van der Waals surface area contributed by atoms with Crippen LogP contribution in [0.3, 0.4) is 0 Å². The minimum absolute atomic E-state index is 0.0453. The van der Waals surface area contributed by atoms with Crippen LogP contribution in [0.5, 0.6) is 5.75 Å². The third kappa shape index (κ3) is 7.27. The number of ether oxygens (including phenoxy) is 5. The lowest BCUT2D eigenvalue weighted by molar-refractivity contribution is -0.242. The summed E-state index contributed by atoms with van der Waals surface area (Å²) in [7, 11) is -7.52. The van der Waals surface area contributed by atoms with Crippen LogP contribution in [-0.4, -0.2) is 60.6 Å². The molecule has 3 aromatic rings. The highest BCUT2D eigenvalue weighted by atomic mass is 32.2. The second-order valence-corrected chi connectivity index (χ2v) is 13.9. The fourth-order valence-corrected chi connectivity index (χ4v) is 6.73. The Balaban J connectivity index is 1.49. The van der Waals surface area contributed by atoms with Gasteiger partial charge in [0.1, 0.15) is 24.1 Å². The van der Waals surface area contributed by atoms with Gasteiger partial charge in [0.15, 0.2) is 12.1 Å². The molecule has 232 valence electrons. The van der Waals surface area contributed by atoms with Crippen LogP contribution < -0.4 is 4.74 Å². The molecule has 11 nitrogen and oxygen atoms in total. The minimum Gasteiger partial charge on any atom is -0.497 e. The predicted molar refractivity (Wildman–Crippen MR) is 153 cm³/mol. The maximum absolute atomic E-state index is 13.4. The van der Waals surface area contributed by atoms with Crippen LogP contribution >= 0.6 is 0 Å². The molecule has 0 N–H and O–H groups in total. The van der Waals surface area contributed by atoms with E-state index in [4.69, 9.17) is 32.1 Å². The van der Waals surface area contributed by atoms with E-state index in [1.807, 2.05) is 0 Å². The third-order valence-electron chi connectivity index (χ3n) is 6.96. The zero-order valence-electron chi connectivity index (χ0n) is 24.3. The fraction of sp³-hybridized carbons (Fsp3) is 0.400. The summed E-state index contributed by atoms with van der Waals surface area (Å²) < 4.78 is 94.0. The van der Waals surface area contributed by atoms with Gasteiger partial charge in [0.2, 0.25) is 6.29 Å². The van der Waals surface area contributed by atoms with Crippen molar-refractivity contribution in [3.8, 4) is 5.75 Å². The number of rotatable bonds is 11.